The molecule has 4 saturated heterocycles. The largest absolute Gasteiger partial charge is 0.465 e. The lowest BCUT2D eigenvalue weighted by Gasteiger charge is -2.34. The first-order chi connectivity index (χ1) is 31.5. The maximum Gasteiger partial charge on any atom is 0.407 e. The van der Waals surface area contributed by atoms with Gasteiger partial charge in [-0.05, 0) is 91.5 Å². The van der Waals surface area contributed by atoms with Gasteiger partial charge >= 0.3 is 12.2 Å². The topological polar surface area (TPSA) is 217 Å². The number of carboxylic acid groups (broad SMARTS) is 1. The van der Waals surface area contributed by atoms with Crippen LogP contribution in [-0.4, -0.2) is 123 Å². The third-order valence-electron chi connectivity index (χ3n) is 13.6. The van der Waals surface area contributed by atoms with Crippen molar-refractivity contribution in [2.75, 3.05) is 46.6 Å². The van der Waals surface area contributed by atoms with Gasteiger partial charge in [-0.2, -0.15) is 0 Å². The van der Waals surface area contributed by atoms with E-state index in [1.54, 1.807) is 4.90 Å². The minimum Gasteiger partial charge on any atom is -0.465 e. The summed E-state index contributed by atoms with van der Waals surface area (Å²) in [7, 11) is 1.31. The average molecular weight is 888 g/mol. The molecule has 0 radical (unpaired) electrons. The Morgan fingerprint density at radius 3 is 1.77 bits per heavy atom. The number of pyridine rings is 1. The van der Waals surface area contributed by atoms with Crippen LogP contribution >= 0.6 is 0 Å². The molecule has 5 aromatic rings. The summed E-state index contributed by atoms with van der Waals surface area (Å²) in [4.78, 5) is 77.4. The van der Waals surface area contributed by atoms with Crippen molar-refractivity contribution in [1.29, 1.82) is 0 Å². The van der Waals surface area contributed by atoms with Crippen LogP contribution in [0.15, 0.2) is 67.0 Å². The molecule has 17 nitrogen and oxygen atoms in total. The number of carbonyl (C=O) groups is 4. The van der Waals surface area contributed by atoms with Gasteiger partial charge in [0.15, 0.2) is 0 Å². The molecule has 4 amide bonds. The molecule has 342 valence electrons. The zero-order valence-electron chi connectivity index (χ0n) is 37.0. The van der Waals surface area contributed by atoms with Crippen molar-refractivity contribution in [3.63, 3.8) is 0 Å². The van der Waals surface area contributed by atoms with Crippen molar-refractivity contribution in [2.24, 2.45) is 23.7 Å². The van der Waals surface area contributed by atoms with Gasteiger partial charge in [0.05, 0.1) is 36.1 Å². The Balaban J connectivity index is 0.876. The molecular formula is C48H57N9O8. The van der Waals surface area contributed by atoms with Gasteiger partial charge in [0.2, 0.25) is 11.8 Å². The number of aromatic amines is 2. The summed E-state index contributed by atoms with van der Waals surface area (Å²) in [5, 5.41) is 15.9. The number of rotatable bonds is 11. The number of alkyl carbamates (subject to hydrolysis) is 1. The van der Waals surface area contributed by atoms with E-state index in [0.717, 1.165) is 39.7 Å². The number of amides is 4. The number of hydrogen-bond acceptors (Lipinski definition) is 10. The number of benzene rings is 2. The number of fused-ring (bicyclic) bond motifs is 1. The molecule has 0 aliphatic carbocycles. The molecule has 65 heavy (non-hydrogen) atoms. The van der Waals surface area contributed by atoms with E-state index >= 15 is 0 Å². The van der Waals surface area contributed by atoms with Gasteiger partial charge in [0.25, 0.3) is 0 Å². The van der Waals surface area contributed by atoms with Crippen molar-refractivity contribution >= 4 is 34.9 Å². The second-order valence-corrected chi connectivity index (χ2v) is 18.2. The second kappa shape index (κ2) is 19.0. The number of carbonyl (C=O) groups excluding carboxylic acids is 3. The second-order valence-electron chi connectivity index (χ2n) is 18.2. The normalized spacial score (nSPS) is 22.8. The number of aromatic nitrogens is 5. The highest BCUT2D eigenvalue weighted by Crippen LogP contribution is 2.39. The molecule has 4 aliphatic heterocycles. The van der Waals surface area contributed by atoms with Gasteiger partial charge in [-0.25, -0.2) is 24.5 Å². The summed E-state index contributed by atoms with van der Waals surface area (Å²) in [6.07, 6.45) is 5.94. The summed E-state index contributed by atoms with van der Waals surface area (Å²) in [5.41, 5.74) is 5.96. The van der Waals surface area contributed by atoms with Gasteiger partial charge in [0, 0.05) is 62.9 Å². The third kappa shape index (κ3) is 9.43. The monoisotopic (exact) mass is 887 g/mol. The predicted octanol–water partition coefficient (Wildman–Crippen LogP) is 6.72. The first-order valence-corrected chi connectivity index (χ1v) is 22.8. The number of nitrogens with one attached hydrogen (secondary N) is 4. The third-order valence-corrected chi connectivity index (χ3v) is 13.6. The van der Waals surface area contributed by atoms with Crippen molar-refractivity contribution in [1.82, 2.24) is 45.4 Å². The van der Waals surface area contributed by atoms with E-state index in [-0.39, 0.29) is 47.6 Å². The van der Waals surface area contributed by atoms with E-state index in [1.807, 2.05) is 47.6 Å². The maximum absolute atomic E-state index is 14.1. The molecular weight excluding hydrogens is 831 g/mol. The lowest BCUT2D eigenvalue weighted by atomic mass is 9.90. The first-order valence-electron chi connectivity index (χ1n) is 22.8. The molecule has 3 aromatic heterocycles. The molecule has 5 N–H and O–H groups in total. The van der Waals surface area contributed by atoms with E-state index in [4.69, 9.17) is 29.2 Å². The van der Waals surface area contributed by atoms with Gasteiger partial charge in [-0.15, -0.1) is 0 Å². The van der Waals surface area contributed by atoms with E-state index in [2.05, 4.69) is 58.7 Å². The Hall–Kier alpha value is -6.33. The Morgan fingerprint density at radius 1 is 0.677 bits per heavy atom. The predicted molar refractivity (Wildman–Crippen MR) is 240 cm³/mol. The molecule has 4 fully saturated rings. The van der Waals surface area contributed by atoms with E-state index in [0.29, 0.717) is 94.7 Å². The van der Waals surface area contributed by atoms with Gasteiger partial charge in [-0.3, -0.25) is 9.59 Å². The lowest BCUT2D eigenvalue weighted by molar-refractivity contribution is -0.137. The number of methoxy groups -OCH3 is 1. The molecule has 0 spiro atoms. The standard InChI is InChI=1S/C48H57N9O8/c1-27-20-39(57(26-27)46(59)42(55-48(62)63-3)32-14-18-65-19-15-32)43-49-23-37(52-43)30-6-4-29(5-7-30)33-8-10-35-34(22-33)9-11-36(51-35)38-24-50-44(53-38)40-21-28(2)25-56(40)45(58)41(54-47(60)61)31-12-16-64-17-13-31/h4-11,22-24,27-28,31-32,39-42,54H,12-21,25-26H2,1-3H3,(H,49,52)(H,50,53)(H,55,62)(H,60,61)/t27-,28-,39-,40-,41-,42?/m0/s1. The Labute approximate surface area is 377 Å². The van der Waals surface area contributed by atoms with Crippen LogP contribution in [0.3, 0.4) is 0 Å². The number of likely N-dealkylation sites (tertiary alicyclic amines) is 2. The molecule has 7 heterocycles. The Bertz CT molecular complexity index is 2510. The molecule has 0 bridgehead atoms. The SMILES string of the molecule is COC(=O)NC(C(=O)N1C[C@@H](C)C[C@H]1c1nc(-c2ccc(-c3ccc4nc(-c5c[nH]c([C@@H]6C[C@H](C)CN6C(=O)[C@@H](NC(=O)O)C6CCOCC6)n5)ccc4c3)cc2)c[nH]1)C1CCOCC1. The summed E-state index contributed by atoms with van der Waals surface area (Å²) in [6.45, 7) is 7.42. The smallest absolute Gasteiger partial charge is 0.407 e. The van der Waals surface area contributed by atoms with Crippen LogP contribution in [-0.2, 0) is 23.8 Å². The van der Waals surface area contributed by atoms with Crippen molar-refractivity contribution in [3.8, 4) is 33.8 Å². The van der Waals surface area contributed by atoms with Crippen LogP contribution in [0.25, 0.3) is 44.7 Å². The summed E-state index contributed by atoms with van der Waals surface area (Å²) in [5.74, 6) is 1.33. The highest BCUT2D eigenvalue weighted by Gasteiger charge is 2.43. The van der Waals surface area contributed by atoms with Gasteiger partial charge < -0.3 is 49.7 Å². The van der Waals surface area contributed by atoms with E-state index in [9.17, 15) is 24.3 Å². The molecule has 0 saturated carbocycles. The molecule has 1 unspecified atom stereocenters. The van der Waals surface area contributed by atoms with Crippen LogP contribution in [0.2, 0.25) is 0 Å². The van der Waals surface area contributed by atoms with Gasteiger partial charge in [-0.1, -0.05) is 50.2 Å². The van der Waals surface area contributed by atoms with Crippen LogP contribution in [0.4, 0.5) is 9.59 Å². The minimum absolute atomic E-state index is 0.0438. The minimum atomic E-state index is -1.21. The summed E-state index contributed by atoms with van der Waals surface area (Å²) < 4.78 is 15.9. The van der Waals surface area contributed by atoms with E-state index in [1.165, 1.54) is 7.11 Å². The molecule has 4 aliphatic rings. The average Bonchev–Trinajstić information content (AvgIpc) is 4.17. The van der Waals surface area contributed by atoms with Crippen molar-refractivity contribution in [3.05, 3.63) is 78.6 Å². The molecule has 6 atom stereocenters. The van der Waals surface area contributed by atoms with Crippen molar-refractivity contribution < 1.29 is 38.5 Å². The zero-order valence-corrected chi connectivity index (χ0v) is 37.0. The number of ether oxygens (including phenoxy) is 3. The highest BCUT2D eigenvalue weighted by molar-refractivity contribution is 5.88. The summed E-state index contributed by atoms with van der Waals surface area (Å²) in [6, 6.07) is 16.3. The Kier molecular flexibility index (Phi) is 12.8. The number of nitrogens with zero attached hydrogens (tertiary/aromatic N) is 5. The van der Waals surface area contributed by atoms with Crippen LogP contribution in [0, 0.1) is 23.7 Å². The summed E-state index contributed by atoms with van der Waals surface area (Å²) >= 11 is 0. The number of imidazole rings is 2. The maximum atomic E-state index is 14.1. The van der Waals surface area contributed by atoms with E-state index < -0.39 is 24.3 Å². The highest BCUT2D eigenvalue weighted by atomic mass is 16.5. The fourth-order valence-corrected chi connectivity index (χ4v) is 10.2. The van der Waals surface area contributed by atoms with Crippen LogP contribution in [0.5, 0.6) is 0 Å². The Morgan fingerprint density at radius 2 is 1.20 bits per heavy atom. The number of H-pyrrole nitrogens is 2. The fourth-order valence-electron chi connectivity index (χ4n) is 10.2. The molecule has 9 rings (SSSR count). The number of hydrogen-bond donors (Lipinski definition) is 5. The van der Waals surface area contributed by atoms with Crippen LogP contribution in [0.1, 0.15) is 76.1 Å². The first kappa shape index (κ1) is 43.9. The fraction of sp³-hybridized carbons (Fsp3) is 0.479. The quantitative estimate of drug-likeness (QED) is 0.0939. The van der Waals surface area contributed by atoms with Crippen molar-refractivity contribution in [2.45, 2.75) is 76.5 Å². The van der Waals surface area contributed by atoms with Crippen LogP contribution < -0.4 is 10.6 Å². The molecule has 2 aromatic carbocycles. The zero-order chi connectivity index (χ0) is 45.2. The van der Waals surface area contributed by atoms with Gasteiger partial charge in [0.1, 0.15) is 29.4 Å². The lowest BCUT2D eigenvalue weighted by Crippen LogP contribution is -2.53. The molecule has 17 heteroatoms.